The van der Waals surface area contributed by atoms with Crippen LogP contribution in [-0.2, 0) is 0 Å². The lowest BCUT2D eigenvalue weighted by Gasteiger charge is -2.29. The molecule has 0 radical (unpaired) electrons. The highest BCUT2D eigenvalue weighted by Crippen LogP contribution is 2.33. The number of Topliss-reactive ketones (excluding diaryl/α,β-unsaturated/α-hetero) is 1. The van der Waals surface area contributed by atoms with E-state index in [0.717, 1.165) is 31.4 Å². The number of nitrogens with two attached hydrogens (primary N) is 1. The van der Waals surface area contributed by atoms with Crippen molar-refractivity contribution in [1.82, 2.24) is 0 Å². The van der Waals surface area contributed by atoms with Crippen LogP contribution in [0.5, 0.6) is 0 Å². The molecule has 0 spiro atoms. The van der Waals surface area contributed by atoms with Crippen molar-refractivity contribution in [3.8, 4) is 0 Å². The Morgan fingerprint density at radius 1 is 1.44 bits per heavy atom. The fourth-order valence-electron chi connectivity index (χ4n) is 2.64. The summed E-state index contributed by atoms with van der Waals surface area (Å²) < 4.78 is 0. The zero-order valence-corrected chi connectivity index (χ0v) is 10.7. The van der Waals surface area contributed by atoms with Crippen molar-refractivity contribution >= 4 is 17.2 Å². The van der Waals surface area contributed by atoms with Crippen molar-refractivity contribution in [2.75, 3.05) is 17.7 Å². The van der Waals surface area contributed by atoms with E-state index in [9.17, 15) is 9.90 Å². The molecule has 0 atom stereocenters. The van der Waals surface area contributed by atoms with Gasteiger partial charge in [-0.25, -0.2) is 0 Å². The second kappa shape index (κ2) is 4.98. The lowest BCUT2D eigenvalue weighted by Crippen LogP contribution is -2.39. The van der Waals surface area contributed by atoms with Crippen molar-refractivity contribution in [2.45, 2.75) is 38.1 Å². The van der Waals surface area contributed by atoms with Crippen LogP contribution in [0.2, 0.25) is 0 Å². The number of anilines is 2. The van der Waals surface area contributed by atoms with Crippen LogP contribution in [0.3, 0.4) is 0 Å². The smallest absolute Gasteiger partial charge is 0.161 e. The molecule has 4 N–H and O–H groups in total. The van der Waals surface area contributed by atoms with Crippen molar-refractivity contribution in [3.05, 3.63) is 23.8 Å². The number of hydrogen-bond acceptors (Lipinski definition) is 4. The van der Waals surface area contributed by atoms with Gasteiger partial charge in [-0.2, -0.15) is 0 Å². The summed E-state index contributed by atoms with van der Waals surface area (Å²) in [5.41, 5.74) is 7.54. The summed E-state index contributed by atoms with van der Waals surface area (Å²) in [4.78, 5) is 11.3. The van der Waals surface area contributed by atoms with Crippen molar-refractivity contribution in [3.63, 3.8) is 0 Å². The zero-order chi connectivity index (χ0) is 13.2. The predicted octanol–water partition coefficient (Wildman–Crippen LogP) is 2.19. The molecule has 1 aromatic carbocycles. The molecule has 1 fully saturated rings. The quantitative estimate of drug-likeness (QED) is 0.564. The van der Waals surface area contributed by atoms with Crippen LogP contribution in [0.25, 0.3) is 0 Å². The number of carbonyl (C=O) groups is 1. The van der Waals surface area contributed by atoms with Gasteiger partial charge in [0.25, 0.3) is 0 Å². The maximum atomic E-state index is 11.3. The Bertz CT molecular complexity index is 451. The Hall–Kier alpha value is -1.55. The van der Waals surface area contributed by atoms with E-state index in [2.05, 4.69) is 5.32 Å². The number of aliphatic hydroxyl groups excluding tert-OH is 1. The van der Waals surface area contributed by atoms with E-state index in [1.807, 2.05) is 6.07 Å². The van der Waals surface area contributed by atoms with Gasteiger partial charge >= 0.3 is 0 Å². The van der Waals surface area contributed by atoms with Crippen LogP contribution in [-0.4, -0.2) is 23.0 Å². The van der Waals surface area contributed by atoms with Gasteiger partial charge in [-0.05, 0) is 38.0 Å². The van der Waals surface area contributed by atoms with Gasteiger partial charge in [0.05, 0.1) is 12.1 Å². The van der Waals surface area contributed by atoms with Crippen LogP contribution < -0.4 is 11.1 Å². The zero-order valence-electron chi connectivity index (χ0n) is 10.7. The largest absolute Gasteiger partial charge is 0.398 e. The van der Waals surface area contributed by atoms with Gasteiger partial charge in [0.15, 0.2) is 5.78 Å². The molecule has 4 nitrogen and oxygen atoms in total. The molecule has 0 unspecified atom stereocenters. The number of nitrogens with one attached hydrogen (secondary N) is 1. The number of hydrogen-bond donors (Lipinski definition) is 3. The van der Waals surface area contributed by atoms with E-state index in [1.54, 1.807) is 12.1 Å². The molecular formula is C14H20N2O2. The molecule has 1 aliphatic carbocycles. The fraction of sp³-hybridized carbons (Fsp3) is 0.500. The summed E-state index contributed by atoms with van der Waals surface area (Å²) in [5, 5.41) is 12.9. The molecular weight excluding hydrogens is 228 g/mol. The van der Waals surface area contributed by atoms with Crippen LogP contribution in [0.4, 0.5) is 11.4 Å². The van der Waals surface area contributed by atoms with E-state index in [-0.39, 0.29) is 17.9 Å². The lowest BCUT2D eigenvalue weighted by molar-refractivity contribution is 0.101. The monoisotopic (exact) mass is 248 g/mol. The Labute approximate surface area is 107 Å². The Kier molecular flexibility index (Phi) is 3.57. The van der Waals surface area contributed by atoms with E-state index >= 15 is 0 Å². The summed E-state index contributed by atoms with van der Waals surface area (Å²) >= 11 is 0. The number of ketones is 1. The van der Waals surface area contributed by atoms with E-state index in [1.165, 1.54) is 6.92 Å². The van der Waals surface area contributed by atoms with Crippen LogP contribution >= 0.6 is 0 Å². The normalized spacial score (nSPS) is 17.7. The second-order valence-electron chi connectivity index (χ2n) is 5.13. The molecule has 4 heteroatoms. The van der Waals surface area contributed by atoms with Gasteiger partial charge < -0.3 is 16.2 Å². The molecule has 18 heavy (non-hydrogen) atoms. The fourth-order valence-corrected chi connectivity index (χ4v) is 2.64. The van der Waals surface area contributed by atoms with E-state index < -0.39 is 0 Å². The molecule has 0 bridgehead atoms. The van der Waals surface area contributed by atoms with E-state index in [0.29, 0.717) is 11.3 Å². The Balaban J connectivity index is 2.19. The molecule has 1 aromatic rings. The van der Waals surface area contributed by atoms with Gasteiger partial charge in [-0.1, -0.05) is 12.8 Å². The van der Waals surface area contributed by atoms with Crippen LogP contribution in [0.1, 0.15) is 43.0 Å². The van der Waals surface area contributed by atoms with Crippen LogP contribution in [0.15, 0.2) is 18.2 Å². The van der Waals surface area contributed by atoms with Gasteiger partial charge in [0.2, 0.25) is 0 Å². The molecule has 0 aliphatic heterocycles. The van der Waals surface area contributed by atoms with Gasteiger partial charge in [-0.3, -0.25) is 4.79 Å². The highest BCUT2D eigenvalue weighted by molar-refractivity contribution is 5.99. The minimum atomic E-state index is -0.218. The van der Waals surface area contributed by atoms with Gasteiger partial charge in [0, 0.05) is 16.9 Å². The van der Waals surface area contributed by atoms with Crippen molar-refractivity contribution in [1.29, 1.82) is 0 Å². The third-order valence-electron chi connectivity index (χ3n) is 3.70. The predicted molar refractivity (Wildman–Crippen MR) is 72.8 cm³/mol. The summed E-state index contributed by atoms with van der Waals surface area (Å²) in [6.07, 6.45) is 4.21. The molecule has 0 saturated heterocycles. The SMILES string of the molecule is CC(=O)c1ccc(NC2(CO)CCCC2)cc1N. The number of nitrogen functional groups attached to an aromatic ring is 1. The summed E-state index contributed by atoms with van der Waals surface area (Å²) in [5.74, 6) is -0.0308. The molecule has 1 aliphatic rings. The minimum Gasteiger partial charge on any atom is -0.398 e. The lowest BCUT2D eigenvalue weighted by atomic mass is 9.98. The first kappa shape index (κ1) is 12.9. The molecule has 1 saturated carbocycles. The Morgan fingerprint density at radius 2 is 2.11 bits per heavy atom. The second-order valence-corrected chi connectivity index (χ2v) is 5.13. The highest BCUT2D eigenvalue weighted by Gasteiger charge is 2.32. The third kappa shape index (κ3) is 2.48. The number of aliphatic hydroxyl groups is 1. The maximum Gasteiger partial charge on any atom is 0.161 e. The van der Waals surface area contributed by atoms with E-state index in [4.69, 9.17) is 5.73 Å². The third-order valence-corrected chi connectivity index (χ3v) is 3.70. The average molecular weight is 248 g/mol. The van der Waals surface area contributed by atoms with Crippen molar-refractivity contribution in [2.24, 2.45) is 0 Å². The van der Waals surface area contributed by atoms with Crippen LogP contribution in [0, 0.1) is 0 Å². The number of rotatable bonds is 4. The molecule has 0 heterocycles. The number of benzene rings is 1. The summed E-state index contributed by atoms with van der Waals surface area (Å²) in [6.45, 7) is 1.63. The van der Waals surface area contributed by atoms with Crippen molar-refractivity contribution < 1.29 is 9.90 Å². The topological polar surface area (TPSA) is 75.3 Å². The first-order valence-corrected chi connectivity index (χ1v) is 6.36. The minimum absolute atomic E-state index is 0.0308. The standard InChI is InChI=1S/C14H20N2O2/c1-10(18)12-5-4-11(8-13(12)15)16-14(9-17)6-2-3-7-14/h4-5,8,16-17H,2-3,6-7,9,15H2,1H3. The molecule has 2 rings (SSSR count). The van der Waals surface area contributed by atoms with Gasteiger partial charge in [0.1, 0.15) is 0 Å². The molecule has 0 amide bonds. The Morgan fingerprint density at radius 3 is 2.61 bits per heavy atom. The summed E-state index contributed by atoms with van der Waals surface area (Å²) in [6, 6.07) is 5.36. The first-order chi connectivity index (χ1) is 8.56. The highest BCUT2D eigenvalue weighted by atomic mass is 16.3. The van der Waals surface area contributed by atoms with Gasteiger partial charge in [-0.15, -0.1) is 0 Å². The first-order valence-electron chi connectivity index (χ1n) is 6.36. The average Bonchev–Trinajstić information content (AvgIpc) is 2.78. The maximum absolute atomic E-state index is 11.3. The molecule has 98 valence electrons. The summed E-state index contributed by atoms with van der Waals surface area (Å²) in [7, 11) is 0. The molecule has 0 aromatic heterocycles. The number of carbonyl (C=O) groups excluding carboxylic acids is 1.